The van der Waals surface area contributed by atoms with Crippen molar-refractivity contribution >= 4 is 11.7 Å². The normalized spacial score (nSPS) is 15.4. The maximum Gasteiger partial charge on any atom is 0.251 e. The smallest absolute Gasteiger partial charge is 0.251 e. The summed E-state index contributed by atoms with van der Waals surface area (Å²) < 4.78 is 16.4. The highest BCUT2D eigenvalue weighted by Crippen LogP contribution is 2.32. The lowest BCUT2D eigenvalue weighted by atomic mass is 9.96. The zero-order valence-electron chi connectivity index (χ0n) is 18.5. The van der Waals surface area contributed by atoms with E-state index in [1.807, 2.05) is 0 Å². The van der Waals surface area contributed by atoms with Crippen LogP contribution in [-0.4, -0.2) is 69.5 Å². The lowest BCUT2D eigenvalue weighted by Gasteiger charge is -2.16. The Hall–Kier alpha value is -2.94. The molecule has 8 heteroatoms. The summed E-state index contributed by atoms with van der Waals surface area (Å²) in [6.07, 6.45) is 0.908. The Morgan fingerprint density at radius 2 is 1.78 bits per heavy atom. The summed E-state index contributed by atoms with van der Waals surface area (Å²) in [5, 5.41) is 15.0. The van der Waals surface area contributed by atoms with Crippen LogP contribution in [0.15, 0.2) is 36.4 Å². The molecule has 1 heterocycles. The third-order valence-electron chi connectivity index (χ3n) is 5.35. The molecule has 2 aromatic carbocycles. The van der Waals surface area contributed by atoms with Gasteiger partial charge in [0.2, 0.25) is 0 Å². The number of carbonyl (C=O) groups is 2. The quantitative estimate of drug-likeness (QED) is 0.359. The summed E-state index contributed by atoms with van der Waals surface area (Å²) in [5.74, 6) is 0.636. The van der Waals surface area contributed by atoms with Crippen molar-refractivity contribution in [1.29, 1.82) is 0 Å². The van der Waals surface area contributed by atoms with Gasteiger partial charge in [0.05, 0.1) is 32.5 Å². The van der Waals surface area contributed by atoms with Crippen molar-refractivity contribution in [2.75, 3.05) is 46.6 Å². The number of hydrogen-bond acceptors (Lipinski definition) is 7. The van der Waals surface area contributed by atoms with Gasteiger partial charge in [-0.05, 0) is 44.2 Å². The monoisotopic (exact) mass is 442 g/mol. The Balaban J connectivity index is 1.76. The number of benzene rings is 2. The van der Waals surface area contributed by atoms with E-state index in [1.165, 1.54) is 0 Å². The molecule has 1 atom stereocenters. The van der Waals surface area contributed by atoms with Crippen LogP contribution >= 0.6 is 0 Å². The van der Waals surface area contributed by atoms with E-state index in [2.05, 4.69) is 10.6 Å². The van der Waals surface area contributed by atoms with E-state index in [0.717, 1.165) is 19.5 Å². The van der Waals surface area contributed by atoms with Gasteiger partial charge in [0.25, 0.3) is 5.91 Å². The van der Waals surface area contributed by atoms with Crippen LogP contribution in [0.1, 0.15) is 38.3 Å². The number of nitrogens with one attached hydrogen (secondary N) is 2. The average molecular weight is 443 g/mol. The maximum atomic E-state index is 13.3. The number of ketones is 1. The molecule has 3 N–H and O–H groups in total. The van der Waals surface area contributed by atoms with Gasteiger partial charge in [0, 0.05) is 29.3 Å². The molecule has 8 nitrogen and oxygen atoms in total. The van der Waals surface area contributed by atoms with Crippen molar-refractivity contribution in [3.8, 4) is 11.5 Å². The van der Waals surface area contributed by atoms with Gasteiger partial charge in [-0.1, -0.05) is 12.1 Å². The third kappa shape index (κ3) is 5.85. The van der Waals surface area contributed by atoms with Crippen molar-refractivity contribution in [2.24, 2.45) is 0 Å². The predicted octanol–water partition coefficient (Wildman–Crippen LogP) is 1.71. The highest BCUT2D eigenvalue weighted by molar-refractivity contribution is 6.12. The van der Waals surface area contributed by atoms with E-state index in [1.54, 1.807) is 50.4 Å². The third-order valence-corrected chi connectivity index (χ3v) is 5.35. The number of aliphatic hydroxyl groups excluding tert-OH is 1. The van der Waals surface area contributed by atoms with E-state index < -0.39 is 0 Å². The van der Waals surface area contributed by atoms with Gasteiger partial charge in [0.15, 0.2) is 5.78 Å². The van der Waals surface area contributed by atoms with Crippen LogP contribution in [0.2, 0.25) is 0 Å². The van der Waals surface area contributed by atoms with Crippen LogP contribution < -0.4 is 20.1 Å². The first kappa shape index (κ1) is 23.7. The van der Waals surface area contributed by atoms with Gasteiger partial charge in [-0.3, -0.25) is 9.59 Å². The van der Waals surface area contributed by atoms with Crippen LogP contribution in [0.4, 0.5) is 0 Å². The lowest BCUT2D eigenvalue weighted by Crippen LogP contribution is -2.36. The summed E-state index contributed by atoms with van der Waals surface area (Å²) in [7, 11) is 1.55. The Bertz CT molecular complexity index is 923. The first-order valence-corrected chi connectivity index (χ1v) is 10.7. The van der Waals surface area contributed by atoms with Crippen molar-refractivity contribution in [2.45, 2.75) is 19.4 Å². The minimum atomic E-state index is -0.223. The van der Waals surface area contributed by atoms with Crippen LogP contribution in [-0.2, 0) is 4.74 Å². The minimum absolute atomic E-state index is 0.0586. The Labute approximate surface area is 187 Å². The summed E-state index contributed by atoms with van der Waals surface area (Å²) in [6.45, 7) is 4.17. The van der Waals surface area contributed by atoms with Crippen molar-refractivity contribution in [3.63, 3.8) is 0 Å². The summed E-state index contributed by atoms with van der Waals surface area (Å²) in [4.78, 5) is 25.8. The van der Waals surface area contributed by atoms with E-state index in [9.17, 15) is 9.59 Å². The molecule has 0 radical (unpaired) electrons. The zero-order valence-corrected chi connectivity index (χ0v) is 18.5. The molecule has 0 bridgehead atoms. The van der Waals surface area contributed by atoms with Crippen molar-refractivity contribution in [1.82, 2.24) is 10.6 Å². The lowest BCUT2D eigenvalue weighted by molar-refractivity contribution is 0.0701. The highest BCUT2D eigenvalue weighted by Gasteiger charge is 2.22. The molecule has 0 spiro atoms. The van der Waals surface area contributed by atoms with Crippen molar-refractivity contribution < 1.29 is 28.9 Å². The highest BCUT2D eigenvalue weighted by atomic mass is 16.5. The van der Waals surface area contributed by atoms with Gasteiger partial charge in [-0.2, -0.15) is 0 Å². The van der Waals surface area contributed by atoms with Crippen LogP contribution in [0.5, 0.6) is 11.5 Å². The number of aliphatic hydroxyl groups is 1. The minimum Gasteiger partial charge on any atom is -0.496 e. The molecule has 1 saturated heterocycles. The molecule has 0 aromatic heterocycles. The second-order valence-electron chi connectivity index (χ2n) is 7.52. The molecule has 0 saturated carbocycles. The second kappa shape index (κ2) is 11.6. The predicted molar refractivity (Wildman–Crippen MR) is 120 cm³/mol. The molecule has 3 rings (SSSR count). The van der Waals surface area contributed by atoms with Crippen LogP contribution in [0.25, 0.3) is 0 Å². The van der Waals surface area contributed by atoms with Gasteiger partial charge in [0.1, 0.15) is 18.1 Å². The molecule has 32 heavy (non-hydrogen) atoms. The summed E-state index contributed by atoms with van der Waals surface area (Å²) in [6, 6.07) is 10.2. The van der Waals surface area contributed by atoms with Crippen LogP contribution in [0, 0.1) is 6.92 Å². The van der Waals surface area contributed by atoms with E-state index >= 15 is 0 Å². The topological polar surface area (TPSA) is 106 Å². The summed E-state index contributed by atoms with van der Waals surface area (Å²) >= 11 is 0. The first-order valence-electron chi connectivity index (χ1n) is 10.7. The number of rotatable bonds is 11. The van der Waals surface area contributed by atoms with Gasteiger partial charge < -0.3 is 30.0 Å². The van der Waals surface area contributed by atoms with Gasteiger partial charge >= 0.3 is 0 Å². The molecule has 2 aromatic rings. The fourth-order valence-corrected chi connectivity index (χ4v) is 3.63. The van der Waals surface area contributed by atoms with Gasteiger partial charge in [-0.25, -0.2) is 0 Å². The molecule has 0 unspecified atom stereocenters. The molecule has 1 amide bonds. The van der Waals surface area contributed by atoms with E-state index in [0.29, 0.717) is 40.4 Å². The molecular weight excluding hydrogens is 412 g/mol. The molecular formula is C24H30N2O6. The van der Waals surface area contributed by atoms with Crippen molar-refractivity contribution in [3.05, 3.63) is 58.7 Å². The number of carbonyl (C=O) groups excluding carboxylic acids is 2. The molecule has 1 fully saturated rings. The SMILES string of the molecule is COc1ccc(OCCOCCO)c(C(=O)c2ccc(C(=O)N[C@H]3CCNC3)cc2)c1C. The average Bonchev–Trinajstić information content (AvgIpc) is 3.32. The number of methoxy groups -OCH3 is 1. The fraction of sp³-hybridized carbons (Fsp3) is 0.417. The molecule has 0 aliphatic carbocycles. The molecule has 1 aliphatic rings. The Kier molecular flexibility index (Phi) is 8.61. The Morgan fingerprint density at radius 3 is 2.44 bits per heavy atom. The number of ether oxygens (including phenoxy) is 3. The van der Waals surface area contributed by atoms with Crippen LogP contribution in [0.3, 0.4) is 0 Å². The first-order chi connectivity index (χ1) is 15.5. The maximum absolute atomic E-state index is 13.3. The fourth-order valence-electron chi connectivity index (χ4n) is 3.63. The largest absolute Gasteiger partial charge is 0.496 e. The second-order valence-corrected chi connectivity index (χ2v) is 7.52. The molecule has 172 valence electrons. The van der Waals surface area contributed by atoms with E-state index in [-0.39, 0.29) is 37.6 Å². The Morgan fingerprint density at radius 1 is 1.06 bits per heavy atom. The molecule has 1 aliphatic heterocycles. The standard InChI is InChI=1S/C24H30N2O6/c1-16-20(30-2)7-8-21(32-14-13-31-12-11-27)22(16)23(28)17-3-5-18(6-4-17)24(29)26-19-9-10-25-15-19/h3-8,19,25,27H,9-15H2,1-2H3,(H,26,29)/t19-/m0/s1. The number of hydrogen-bond donors (Lipinski definition) is 3. The number of amides is 1. The van der Waals surface area contributed by atoms with Gasteiger partial charge in [-0.15, -0.1) is 0 Å². The zero-order chi connectivity index (χ0) is 22.9. The van der Waals surface area contributed by atoms with E-state index in [4.69, 9.17) is 19.3 Å². The summed E-state index contributed by atoms with van der Waals surface area (Å²) in [5.41, 5.74) is 2.03.